The van der Waals surface area contributed by atoms with Crippen LogP contribution in [-0.2, 0) is 13.0 Å². The highest BCUT2D eigenvalue weighted by Gasteiger charge is 2.66. The van der Waals surface area contributed by atoms with Crippen LogP contribution in [0, 0.1) is 35.5 Å². The highest BCUT2D eigenvalue weighted by atomic mass is 15.3. The average Bonchev–Trinajstić information content (AvgIpc) is 2.82. The largest absolute Gasteiger partial charge is 0.271 e. The summed E-state index contributed by atoms with van der Waals surface area (Å²) in [5, 5.41) is 4.37. The van der Waals surface area contributed by atoms with Crippen LogP contribution in [0.5, 0.6) is 0 Å². The second-order valence-corrected chi connectivity index (χ2v) is 7.79. The molecule has 3 N–H and O–H groups in total. The van der Waals surface area contributed by atoms with Crippen LogP contribution >= 0.6 is 0 Å². The van der Waals surface area contributed by atoms with E-state index < -0.39 is 0 Å². The second kappa shape index (κ2) is 5.06. The van der Waals surface area contributed by atoms with Gasteiger partial charge in [-0.2, -0.15) is 5.10 Å². The van der Waals surface area contributed by atoms with Crippen LogP contribution in [0.2, 0.25) is 0 Å². The summed E-state index contributed by atoms with van der Waals surface area (Å²) >= 11 is 0. The normalized spacial score (nSPS) is 38.0. The van der Waals surface area contributed by atoms with Gasteiger partial charge in [0.15, 0.2) is 0 Å². The maximum absolute atomic E-state index is 5.89. The molecule has 1 aromatic rings. The predicted molar refractivity (Wildman–Crippen MR) is 81.0 cm³/mol. The van der Waals surface area contributed by atoms with Crippen molar-refractivity contribution >= 4 is 0 Å². The zero-order valence-electron chi connectivity index (χ0n) is 13.1. The van der Waals surface area contributed by atoms with Gasteiger partial charge in [-0.15, -0.1) is 0 Å². The number of aromatic nitrogens is 3. The van der Waals surface area contributed by atoms with E-state index >= 15 is 0 Å². The standard InChI is InChI=1S/C16H27N5/c1-9(2)7-21-13(18-8-19-21)6-12(20-17)16-14-10-3-4-11(5-10)15(14)16/h8-12,14-16,20H,3-7,17H2,1-2H3. The van der Waals surface area contributed by atoms with Gasteiger partial charge in [0.25, 0.3) is 0 Å². The van der Waals surface area contributed by atoms with E-state index in [0.717, 1.165) is 48.4 Å². The minimum atomic E-state index is 0.374. The van der Waals surface area contributed by atoms with Crippen LogP contribution in [0.3, 0.4) is 0 Å². The predicted octanol–water partition coefficient (Wildman–Crippen LogP) is 1.60. The smallest absolute Gasteiger partial charge is 0.138 e. The lowest BCUT2D eigenvalue weighted by atomic mass is 9.96. The van der Waals surface area contributed by atoms with Gasteiger partial charge in [0.05, 0.1) is 0 Å². The first-order valence-electron chi connectivity index (χ1n) is 8.51. The lowest BCUT2D eigenvalue weighted by molar-refractivity contribution is 0.353. The van der Waals surface area contributed by atoms with Crippen molar-refractivity contribution in [1.29, 1.82) is 0 Å². The summed E-state index contributed by atoms with van der Waals surface area (Å²) in [6.45, 7) is 5.37. The fourth-order valence-electron chi connectivity index (χ4n) is 5.38. The van der Waals surface area contributed by atoms with Crippen molar-refractivity contribution in [2.45, 2.75) is 52.1 Å². The van der Waals surface area contributed by atoms with E-state index in [0.29, 0.717) is 12.0 Å². The molecule has 21 heavy (non-hydrogen) atoms. The van der Waals surface area contributed by atoms with E-state index in [1.54, 1.807) is 6.33 Å². The molecular formula is C16H27N5. The molecule has 5 unspecified atom stereocenters. The minimum absolute atomic E-state index is 0.374. The molecule has 5 nitrogen and oxygen atoms in total. The molecule has 4 rings (SSSR count). The van der Waals surface area contributed by atoms with Gasteiger partial charge in [0, 0.05) is 19.0 Å². The fourth-order valence-corrected chi connectivity index (χ4v) is 5.38. The van der Waals surface area contributed by atoms with Crippen molar-refractivity contribution in [3.63, 3.8) is 0 Å². The van der Waals surface area contributed by atoms with Crippen LogP contribution in [0.1, 0.15) is 38.9 Å². The van der Waals surface area contributed by atoms with Gasteiger partial charge < -0.3 is 0 Å². The number of hydrogen-bond acceptors (Lipinski definition) is 4. The average molecular weight is 289 g/mol. The van der Waals surface area contributed by atoms with Crippen molar-refractivity contribution in [3.8, 4) is 0 Å². The molecule has 3 saturated carbocycles. The van der Waals surface area contributed by atoms with Crippen LogP contribution in [-0.4, -0.2) is 20.8 Å². The summed E-state index contributed by atoms with van der Waals surface area (Å²) in [4.78, 5) is 4.47. The summed E-state index contributed by atoms with van der Waals surface area (Å²) < 4.78 is 2.06. The molecule has 3 fully saturated rings. The van der Waals surface area contributed by atoms with Crippen LogP contribution in [0.25, 0.3) is 0 Å². The second-order valence-electron chi connectivity index (χ2n) is 7.79. The van der Waals surface area contributed by atoms with E-state index in [4.69, 9.17) is 5.84 Å². The number of nitrogens with one attached hydrogen (secondary N) is 1. The molecule has 3 aliphatic carbocycles. The van der Waals surface area contributed by atoms with Crippen molar-refractivity contribution in [2.24, 2.45) is 41.4 Å². The Balaban J connectivity index is 1.45. The Kier molecular flexibility index (Phi) is 3.30. The van der Waals surface area contributed by atoms with Gasteiger partial charge in [-0.1, -0.05) is 13.8 Å². The third-order valence-electron chi connectivity index (χ3n) is 6.11. The molecular weight excluding hydrogens is 262 g/mol. The monoisotopic (exact) mass is 289 g/mol. The SMILES string of the molecule is CC(C)Cn1ncnc1CC(NN)C1C2C3CCC(C3)C21. The summed E-state index contributed by atoms with van der Waals surface area (Å²) in [5.74, 6) is 12.2. The van der Waals surface area contributed by atoms with Gasteiger partial charge in [0.2, 0.25) is 0 Å². The van der Waals surface area contributed by atoms with Crippen molar-refractivity contribution in [1.82, 2.24) is 20.2 Å². The zero-order valence-corrected chi connectivity index (χ0v) is 13.1. The van der Waals surface area contributed by atoms with Crippen LogP contribution < -0.4 is 11.3 Å². The molecule has 0 spiro atoms. The van der Waals surface area contributed by atoms with E-state index in [1.807, 2.05) is 0 Å². The van der Waals surface area contributed by atoms with Gasteiger partial charge in [-0.3, -0.25) is 11.3 Å². The number of hydrazine groups is 1. The van der Waals surface area contributed by atoms with E-state index in [1.165, 1.54) is 19.3 Å². The van der Waals surface area contributed by atoms with E-state index in [9.17, 15) is 0 Å². The summed E-state index contributed by atoms with van der Waals surface area (Å²) in [6, 6.07) is 0.374. The fraction of sp³-hybridized carbons (Fsp3) is 0.875. The summed E-state index contributed by atoms with van der Waals surface area (Å²) in [7, 11) is 0. The van der Waals surface area contributed by atoms with E-state index in [-0.39, 0.29) is 0 Å². The van der Waals surface area contributed by atoms with Gasteiger partial charge >= 0.3 is 0 Å². The van der Waals surface area contributed by atoms with Gasteiger partial charge in [0.1, 0.15) is 12.2 Å². The summed E-state index contributed by atoms with van der Waals surface area (Å²) in [6.07, 6.45) is 7.02. The maximum Gasteiger partial charge on any atom is 0.138 e. The Morgan fingerprint density at radius 3 is 2.67 bits per heavy atom. The lowest BCUT2D eigenvalue weighted by Crippen LogP contribution is -2.41. The topological polar surface area (TPSA) is 68.8 Å². The molecule has 0 saturated heterocycles. The third kappa shape index (κ3) is 2.21. The zero-order chi connectivity index (χ0) is 14.6. The molecule has 1 aromatic heterocycles. The lowest BCUT2D eigenvalue weighted by Gasteiger charge is -2.20. The van der Waals surface area contributed by atoms with Crippen molar-refractivity contribution in [3.05, 3.63) is 12.2 Å². The molecule has 116 valence electrons. The molecule has 2 bridgehead atoms. The Bertz CT molecular complexity index is 495. The van der Waals surface area contributed by atoms with Crippen molar-refractivity contribution in [2.75, 3.05) is 0 Å². The number of hydrogen-bond donors (Lipinski definition) is 2. The molecule has 0 aromatic carbocycles. The summed E-state index contributed by atoms with van der Waals surface area (Å²) in [5.41, 5.74) is 3.10. The van der Waals surface area contributed by atoms with Crippen molar-refractivity contribution < 1.29 is 0 Å². The van der Waals surface area contributed by atoms with Gasteiger partial charge in [-0.25, -0.2) is 9.67 Å². The molecule has 5 heteroatoms. The van der Waals surface area contributed by atoms with Crippen LogP contribution in [0.4, 0.5) is 0 Å². The Labute approximate surface area is 126 Å². The Morgan fingerprint density at radius 2 is 2.05 bits per heavy atom. The quantitative estimate of drug-likeness (QED) is 0.616. The first-order chi connectivity index (χ1) is 10.2. The first-order valence-corrected chi connectivity index (χ1v) is 8.51. The Hall–Kier alpha value is -0.940. The molecule has 5 atom stereocenters. The van der Waals surface area contributed by atoms with E-state index in [2.05, 4.69) is 34.0 Å². The number of fused-ring (bicyclic) bond motifs is 5. The first kappa shape index (κ1) is 13.7. The third-order valence-corrected chi connectivity index (χ3v) is 6.11. The molecule has 1 heterocycles. The van der Waals surface area contributed by atoms with Gasteiger partial charge in [-0.05, 0) is 54.8 Å². The molecule has 0 radical (unpaired) electrons. The molecule has 0 aliphatic heterocycles. The number of nitrogens with zero attached hydrogens (tertiary/aromatic N) is 3. The maximum atomic E-state index is 5.89. The number of rotatable bonds is 6. The Morgan fingerprint density at radius 1 is 1.33 bits per heavy atom. The minimum Gasteiger partial charge on any atom is -0.271 e. The van der Waals surface area contributed by atoms with Crippen LogP contribution in [0.15, 0.2) is 6.33 Å². The molecule has 3 aliphatic rings. The highest BCUT2D eigenvalue weighted by Crippen LogP contribution is 2.70. The highest BCUT2D eigenvalue weighted by molar-refractivity contribution is 5.16. The number of nitrogens with two attached hydrogens (primary N) is 1. The molecule has 0 amide bonds.